The van der Waals surface area contributed by atoms with Gasteiger partial charge in [-0.05, 0) is 18.6 Å². The maximum Gasteiger partial charge on any atom is 0.252 e. The summed E-state index contributed by atoms with van der Waals surface area (Å²) in [6, 6.07) is 3.80. The van der Waals surface area contributed by atoms with E-state index in [1.54, 1.807) is 6.20 Å². The molecule has 1 aliphatic rings. The summed E-state index contributed by atoms with van der Waals surface area (Å²) < 4.78 is 5.32. The molecule has 0 bridgehead atoms. The summed E-state index contributed by atoms with van der Waals surface area (Å²) >= 11 is 0. The minimum absolute atomic E-state index is 0.0425. The standard InChI is InChI=1S/C15H23N3O2/c1-2-6-16-15(19)13-3-4-14(17-12-13)5-7-18-8-10-20-11-9-18/h3-4,12H,2,5-11H2,1H3,(H,16,19). The number of nitrogens with zero attached hydrogens (tertiary/aromatic N) is 2. The van der Waals surface area contributed by atoms with Crippen LogP contribution in [-0.4, -0.2) is 55.2 Å². The molecule has 0 atom stereocenters. The Labute approximate surface area is 120 Å². The third kappa shape index (κ3) is 4.58. The molecule has 0 saturated carbocycles. The first-order valence-electron chi connectivity index (χ1n) is 7.33. The average molecular weight is 277 g/mol. The first kappa shape index (κ1) is 14.9. The number of hydrogen-bond acceptors (Lipinski definition) is 4. The number of aromatic nitrogens is 1. The third-order valence-electron chi connectivity index (χ3n) is 3.41. The summed E-state index contributed by atoms with van der Waals surface area (Å²) in [4.78, 5) is 18.5. The van der Waals surface area contributed by atoms with Gasteiger partial charge in [0.25, 0.3) is 5.91 Å². The molecule has 0 aliphatic carbocycles. The number of hydrogen-bond donors (Lipinski definition) is 1. The molecule has 2 rings (SSSR count). The number of ether oxygens (including phenoxy) is 1. The fourth-order valence-corrected chi connectivity index (χ4v) is 2.14. The van der Waals surface area contributed by atoms with Gasteiger partial charge in [0.1, 0.15) is 0 Å². The molecule has 1 amide bonds. The van der Waals surface area contributed by atoms with Gasteiger partial charge in [0.2, 0.25) is 0 Å². The number of morpholine rings is 1. The lowest BCUT2D eigenvalue weighted by atomic mass is 10.2. The normalized spacial score (nSPS) is 16.1. The van der Waals surface area contributed by atoms with Gasteiger partial charge in [-0.25, -0.2) is 0 Å². The maximum absolute atomic E-state index is 11.7. The molecule has 110 valence electrons. The average Bonchev–Trinajstić information content (AvgIpc) is 2.52. The van der Waals surface area contributed by atoms with Crippen molar-refractivity contribution in [1.29, 1.82) is 0 Å². The van der Waals surface area contributed by atoms with E-state index < -0.39 is 0 Å². The third-order valence-corrected chi connectivity index (χ3v) is 3.41. The smallest absolute Gasteiger partial charge is 0.252 e. The Balaban J connectivity index is 1.80. The van der Waals surface area contributed by atoms with Gasteiger partial charge in [0.05, 0.1) is 18.8 Å². The largest absolute Gasteiger partial charge is 0.379 e. The number of amides is 1. The van der Waals surface area contributed by atoms with Crippen molar-refractivity contribution >= 4 is 5.91 Å². The van der Waals surface area contributed by atoms with Crippen molar-refractivity contribution in [2.24, 2.45) is 0 Å². The first-order valence-corrected chi connectivity index (χ1v) is 7.33. The second-order valence-electron chi connectivity index (χ2n) is 5.00. The van der Waals surface area contributed by atoms with Crippen LogP contribution in [0.5, 0.6) is 0 Å². The molecule has 1 saturated heterocycles. The van der Waals surface area contributed by atoms with Crippen LogP contribution in [0.4, 0.5) is 0 Å². The number of pyridine rings is 1. The van der Waals surface area contributed by atoms with Crippen LogP contribution in [0, 0.1) is 0 Å². The lowest BCUT2D eigenvalue weighted by Crippen LogP contribution is -2.37. The van der Waals surface area contributed by atoms with E-state index in [-0.39, 0.29) is 5.91 Å². The molecule has 1 aromatic heterocycles. The quantitative estimate of drug-likeness (QED) is 0.846. The van der Waals surface area contributed by atoms with Crippen LogP contribution in [0.25, 0.3) is 0 Å². The van der Waals surface area contributed by atoms with Gasteiger partial charge >= 0.3 is 0 Å². The van der Waals surface area contributed by atoms with Crippen LogP contribution in [0.2, 0.25) is 0 Å². The van der Waals surface area contributed by atoms with Crippen LogP contribution in [0.15, 0.2) is 18.3 Å². The topological polar surface area (TPSA) is 54.5 Å². The summed E-state index contributed by atoms with van der Waals surface area (Å²) in [5.41, 5.74) is 1.66. The molecular formula is C15H23N3O2. The van der Waals surface area contributed by atoms with Gasteiger partial charge in [-0.1, -0.05) is 6.92 Å². The molecule has 2 heterocycles. The predicted molar refractivity (Wildman–Crippen MR) is 77.8 cm³/mol. The van der Waals surface area contributed by atoms with E-state index in [9.17, 15) is 4.79 Å². The van der Waals surface area contributed by atoms with Crippen molar-refractivity contribution in [3.8, 4) is 0 Å². The van der Waals surface area contributed by atoms with Crippen LogP contribution < -0.4 is 5.32 Å². The van der Waals surface area contributed by atoms with Crippen molar-refractivity contribution in [3.05, 3.63) is 29.6 Å². The lowest BCUT2D eigenvalue weighted by molar-refractivity contribution is 0.0383. The molecule has 1 aliphatic heterocycles. The van der Waals surface area contributed by atoms with Crippen molar-refractivity contribution in [1.82, 2.24) is 15.2 Å². The number of carbonyl (C=O) groups excluding carboxylic acids is 1. The fraction of sp³-hybridized carbons (Fsp3) is 0.600. The van der Waals surface area contributed by atoms with E-state index >= 15 is 0 Å². The zero-order chi connectivity index (χ0) is 14.2. The summed E-state index contributed by atoms with van der Waals surface area (Å²) in [6.07, 6.45) is 3.52. The molecule has 0 unspecified atom stereocenters. The van der Waals surface area contributed by atoms with Gasteiger partial charge in [-0.3, -0.25) is 14.7 Å². The predicted octanol–water partition coefficient (Wildman–Crippen LogP) is 1.10. The van der Waals surface area contributed by atoms with Crippen molar-refractivity contribution in [2.45, 2.75) is 19.8 Å². The zero-order valence-electron chi connectivity index (χ0n) is 12.1. The van der Waals surface area contributed by atoms with E-state index in [0.29, 0.717) is 12.1 Å². The van der Waals surface area contributed by atoms with Gasteiger partial charge in [-0.2, -0.15) is 0 Å². The number of rotatable bonds is 6. The van der Waals surface area contributed by atoms with Crippen molar-refractivity contribution in [2.75, 3.05) is 39.4 Å². The highest BCUT2D eigenvalue weighted by molar-refractivity contribution is 5.93. The molecule has 20 heavy (non-hydrogen) atoms. The molecule has 1 aromatic rings. The molecular weight excluding hydrogens is 254 g/mol. The zero-order valence-corrected chi connectivity index (χ0v) is 12.1. The molecule has 5 heteroatoms. The van der Waals surface area contributed by atoms with Crippen molar-refractivity contribution in [3.63, 3.8) is 0 Å². The number of carbonyl (C=O) groups is 1. The SMILES string of the molecule is CCCNC(=O)c1ccc(CCN2CCOCC2)nc1. The highest BCUT2D eigenvalue weighted by atomic mass is 16.5. The van der Waals surface area contributed by atoms with E-state index in [1.807, 2.05) is 19.1 Å². The Hall–Kier alpha value is -1.46. The van der Waals surface area contributed by atoms with Crippen LogP contribution in [-0.2, 0) is 11.2 Å². The second-order valence-corrected chi connectivity index (χ2v) is 5.00. The van der Waals surface area contributed by atoms with E-state index in [4.69, 9.17) is 4.74 Å². The summed E-state index contributed by atoms with van der Waals surface area (Å²) in [7, 11) is 0. The summed E-state index contributed by atoms with van der Waals surface area (Å²) in [5, 5.41) is 2.85. The molecule has 0 spiro atoms. The van der Waals surface area contributed by atoms with Crippen LogP contribution in [0.1, 0.15) is 29.4 Å². The van der Waals surface area contributed by atoms with E-state index in [2.05, 4.69) is 15.2 Å². The number of nitrogens with one attached hydrogen (secondary N) is 1. The lowest BCUT2D eigenvalue weighted by Gasteiger charge is -2.26. The van der Waals surface area contributed by atoms with Gasteiger partial charge in [0.15, 0.2) is 0 Å². The van der Waals surface area contributed by atoms with E-state index in [0.717, 1.165) is 51.4 Å². The van der Waals surface area contributed by atoms with E-state index in [1.165, 1.54) is 0 Å². The highest BCUT2D eigenvalue weighted by Crippen LogP contribution is 2.04. The molecule has 0 aromatic carbocycles. The summed E-state index contributed by atoms with van der Waals surface area (Å²) in [6.45, 7) is 7.38. The minimum Gasteiger partial charge on any atom is -0.379 e. The molecule has 1 N–H and O–H groups in total. The minimum atomic E-state index is -0.0425. The van der Waals surface area contributed by atoms with Gasteiger partial charge < -0.3 is 10.1 Å². The Morgan fingerprint density at radius 1 is 1.40 bits per heavy atom. The maximum atomic E-state index is 11.7. The monoisotopic (exact) mass is 277 g/mol. The van der Waals surface area contributed by atoms with Crippen LogP contribution in [0.3, 0.4) is 0 Å². The van der Waals surface area contributed by atoms with Gasteiger partial charge in [-0.15, -0.1) is 0 Å². The molecule has 1 fully saturated rings. The molecule has 5 nitrogen and oxygen atoms in total. The Morgan fingerprint density at radius 2 is 2.20 bits per heavy atom. The second kappa shape index (κ2) is 7.97. The Bertz CT molecular complexity index is 414. The molecule has 0 radical (unpaired) electrons. The fourth-order valence-electron chi connectivity index (χ4n) is 2.14. The van der Waals surface area contributed by atoms with Gasteiger partial charge in [0, 0.05) is 44.5 Å². The van der Waals surface area contributed by atoms with Crippen molar-refractivity contribution < 1.29 is 9.53 Å². The Morgan fingerprint density at radius 3 is 2.85 bits per heavy atom. The summed E-state index contributed by atoms with van der Waals surface area (Å²) in [5.74, 6) is -0.0425. The Kier molecular flexibility index (Phi) is 5.95. The highest BCUT2D eigenvalue weighted by Gasteiger charge is 2.10. The van der Waals surface area contributed by atoms with Crippen LogP contribution >= 0.6 is 0 Å². The first-order chi connectivity index (χ1) is 9.79.